The molecule has 1 N–H and O–H groups in total. The van der Waals surface area contributed by atoms with Crippen LogP contribution < -0.4 is 5.32 Å². The summed E-state index contributed by atoms with van der Waals surface area (Å²) in [4.78, 5) is 12.0. The summed E-state index contributed by atoms with van der Waals surface area (Å²) >= 11 is 0. The molecular weight excluding hydrogens is 274 g/mol. The Kier molecular flexibility index (Phi) is 3.99. The third kappa shape index (κ3) is 2.50. The molecule has 1 unspecified atom stereocenters. The van der Waals surface area contributed by atoms with Crippen LogP contribution in [0.4, 0.5) is 0 Å². The molecule has 0 spiro atoms. The van der Waals surface area contributed by atoms with Gasteiger partial charge in [-0.2, -0.15) is 0 Å². The lowest BCUT2D eigenvalue weighted by atomic mass is 10.1. The Morgan fingerprint density at radius 3 is 2.30 bits per heavy atom. The van der Waals surface area contributed by atoms with Crippen molar-refractivity contribution in [2.75, 3.05) is 0 Å². The lowest BCUT2D eigenvalue weighted by Gasteiger charge is -2.16. The van der Waals surface area contributed by atoms with Crippen molar-refractivity contribution in [2.45, 2.75) is 43.9 Å². The quantitative estimate of drug-likeness (QED) is 0.926. The Morgan fingerprint density at radius 2 is 1.75 bits per heavy atom. The van der Waals surface area contributed by atoms with Crippen molar-refractivity contribution in [1.82, 2.24) is 5.32 Å². The molecule has 0 radical (unpaired) electrons. The molecule has 0 aromatic heterocycles. The van der Waals surface area contributed by atoms with E-state index < -0.39 is 15.2 Å². The first-order chi connectivity index (χ1) is 9.37. The van der Waals surface area contributed by atoms with E-state index in [1.165, 1.54) is 0 Å². The first-order valence-electron chi connectivity index (χ1n) is 6.69. The Hall–Kier alpha value is -1.62. The fourth-order valence-electron chi connectivity index (χ4n) is 2.37. The third-order valence-corrected chi connectivity index (χ3v) is 5.53. The average molecular weight is 293 g/mol. The molecule has 1 amide bonds. The second-order valence-corrected chi connectivity index (χ2v) is 7.14. The number of nitrogens with one attached hydrogen (secondary N) is 1. The van der Waals surface area contributed by atoms with Crippen molar-refractivity contribution in [3.8, 4) is 0 Å². The van der Waals surface area contributed by atoms with Crippen LogP contribution in [0.3, 0.4) is 0 Å². The molecule has 4 nitrogen and oxygen atoms in total. The Balaban J connectivity index is 2.44. The first-order valence-corrected chi connectivity index (χ1v) is 8.23. The Morgan fingerprint density at radius 1 is 1.15 bits per heavy atom. The summed E-state index contributed by atoms with van der Waals surface area (Å²) in [6, 6.07) is 6.71. The zero-order valence-electron chi connectivity index (χ0n) is 11.9. The maximum atomic E-state index is 12.7. The third-order valence-electron chi connectivity index (χ3n) is 3.58. The van der Waals surface area contributed by atoms with Gasteiger partial charge in [-0.25, -0.2) is 8.42 Å². The number of amides is 1. The van der Waals surface area contributed by atoms with Crippen molar-refractivity contribution >= 4 is 15.7 Å². The van der Waals surface area contributed by atoms with Gasteiger partial charge < -0.3 is 5.32 Å². The van der Waals surface area contributed by atoms with Crippen molar-refractivity contribution in [2.24, 2.45) is 0 Å². The summed E-state index contributed by atoms with van der Waals surface area (Å²) in [5, 5.41) is 1.67. The van der Waals surface area contributed by atoms with E-state index in [9.17, 15) is 13.2 Å². The average Bonchev–Trinajstić information content (AvgIpc) is 2.69. The highest BCUT2D eigenvalue weighted by molar-refractivity contribution is 7.92. The number of hydrogen-bond donors (Lipinski definition) is 1. The molecule has 2 rings (SSSR count). The molecule has 1 aromatic rings. The van der Waals surface area contributed by atoms with E-state index in [-0.39, 0.29) is 10.8 Å². The van der Waals surface area contributed by atoms with E-state index >= 15 is 0 Å². The predicted octanol–water partition coefficient (Wildman–Crippen LogP) is 2.34. The van der Waals surface area contributed by atoms with Gasteiger partial charge in [0.2, 0.25) is 15.7 Å². The highest BCUT2D eigenvalue weighted by atomic mass is 32.2. The summed E-state index contributed by atoms with van der Waals surface area (Å²) in [7, 11) is -3.58. The highest BCUT2D eigenvalue weighted by Crippen LogP contribution is 2.29. The van der Waals surface area contributed by atoms with Crippen LogP contribution in [0.1, 0.15) is 32.3 Å². The normalized spacial score (nSPS) is 19.4. The monoisotopic (exact) mass is 293 g/mol. The fourth-order valence-corrected chi connectivity index (χ4v) is 4.09. The Bertz CT molecular complexity index is 657. The predicted molar refractivity (Wildman–Crippen MR) is 77.9 cm³/mol. The minimum Gasteiger partial charge on any atom is -0.332 e. The molecule has 1 aromatic carbocycles. The summed E-state index contributed by atoms with van der Waals surface area (Å²) in [6.07, 6.45) is 1.42. The SMILES string of the molecule is CCCC1=C(C)C(=O)NC1S(=O)(=O)c1ccc(C)cc1. The maximum Gasteiger partial charge on any atom is 0.248 e. The summed E-state index contributed by atoms with van der Waals surface area (Å²) in [5.41, 5.74) is 2.23. The molecule has 1 aliphatic rings. The molecule has 0 bridgehead atoms. The molecule has 1 atom stereocenters. The molecule has 1 heterocycles. The number of hydrogen-bond acceptors (Lipinski definition) is 3. The molecule has 5 heteroatoms. The second kappa shape index (κ2) is 5.40. The number of aryl methyl sites for hydroxylation is 1. The first kappa shape index (κ1) is 14.8. The number of sulfone groups is 1. The molecule has 0 saturated carbocycles. The largest absolute Gasteiger partial charge is 0.332 e. The van der Waals surface area contributed by atoms with Crippen LogP contribution in [0.2, 0.25) is 0 Å². The number of carbonyl (C=O) groups excluding carboxylic acids is 1. The topological polar surface area (TPSA) is 63.2 Å². The molecular formula is C15H19NO3S. The fraction of sp³-hybridized carbons (Fsp3) is 0.400. The van der Waals surface area contributed by atoms with Gasteiger partial charge in [0, 0.05) is 5.57 Å². The van der Waals surface area contributed by atoms with E-state index in [0.29, 0.717) is 17.6 Å². The summed E-state index contributed by atoms with van der Waals surface area (Å²) in [6.45, 7) is 5.56. The lowest BCUT2D eigenvalue weighted by Crippen LogP contribution is -2.36. The van der Waals surface area contributed by atoms with Gasteiger partial charge in [-0.3, -0.25) is 4.79 Å². The number of benzene rings is 1. The van der Waals surface area contributed by atoms with E-state index in [4.69, 9.17) is 0 Å². The van der Waals surface area contributed by atoms with Crippen LogP contribution in [0.5, 0.6) is 0 Å². The van der Waals surface area contributed by atoms with Crippen LogP contribution in [0.15, 0.2) is 40.3 Å². The smallest absolute Gasteiger partial charge is 0.248 e. The molecule has 0 saturated heterocycles. The molecule has 20 heavy (non-hydrogen) atoms. The summed E-state index contributed by atoms with van der Waals surface area (Å²) < 4.78 is 25.3. The van der Waals surface area contributed by atoms with Gasteiger partial charge in [-0.1, -0.05) is 31.0 Å². The van der Waals surface area contributed by atoms with Crippen molar-refractivity contribution in [3.63, 3.8) is 0 Å². The van der Waals surface area contributed by atoms with E-state index in [1.807, 2.05) is 13.8 Å². The Labute approximate surface area is 119 Å². The van der Waals surface area contributed by atoms with E-state index in [0.717, 1.165) is 12.0 Å². The van der Waals surface area contributed by atoms with E-state index in [2.05, 4.69) is 5.32 Å². The van der Waals surface area contributed by atoms with Crippen LogP contribution in [0, 0.1) is 6.92 Å². The van der Waals surface area contributed by atoms with Gasteiger partial charge in [0.25, 0.3) is 0 Å². The standard InChI is InChI=1S/C15H19NO3S/c1-4-5-13-11(3)14(17)16-15(13)20(18,19)12-8-6-10(2)7-9-12/h6-9,15H,4-5H2,1-3H3,(H,16,17). The van der Waals surface area contributed by atoms with Gasteiger partial charge in [0.05, 0.1) is 4.90 Å². The minimum atomic E-state index is -3.58. The summed E-state index contributed by atoms with van der Waals surface area (Å²) in [5.74, 6) is -0.283. The minimum absolute atomic E-state index is 0.247. The van der Waals surface area contributed by atoms with E-state index in [1.54, 1.807) is 31.2 Å². The van der Waals surface area contributed by atoms with Gasteiger partial charge in [-0.05, 0) is 38.0 Å². The molecule has 1 aliphatic heterocycles. The highest BCUT2D eigenvalue weighted by Gasteiger charge is 2.38. The van der Waals surface area contributed by atoms with Crippen molar-refractivity contribution < 1.29 is 13.2 Å². The van der Waals surface area contributed by atoms with Crippen LogP contribution >= 0.6 is 0 Å². The van der Waals surface area contributed by atoms with Crippen LogP contribution in [0.25, 0.3) is 0 Å². The van der Waals surface area contributed by atoms with Crippen LogP contribution in [-0.4, -0.2) is 19.7 Å². The number of carbonyl (C=O) groups is 1. The molecule has 0 fully saturated rings. The second-order valence-electron chi connectivity index (χ2n) is 5.11. The van der Waals surface area contributed by atoms with Crippen molar-refractivity contribution in [1.29, 1.82) is 0 Å². The zero-order chi connectivity index (χ0) is 14.9. The lowest BCUT2D eigenvalue weighted by molar-refractivity contribution is -0.116. The number of rotatable bonds is 4. The zero-order valence-corrected chi connectivity index (χ0v) is 12.8. The van der Waals surface area contributed by atoms with Gasteiger partial charge >= 0.3 is 0 Å². The van der Waals surface area contributed by atoms with Gasteiger partial charge in [-0.15, -0.1) is 0 Å². The molecule has 0 aliphatic carbocycles. The van der Waals surface area contributed by atoms with Crippen molar-refractivity contribution in [3.05, 3.63) is 41.0 Å². The van der Waals surface area contributed by atoms with Crippen LogP contribution in [-0.2, 0) is 14.6 Å². The van der Waals surface area contributed by atoms with Gasteiger partial charge in [0.1, 0.15) is 0 Å². The van der Waals surface area contributed by atoms with Gasteiger partial charge in [0.15, 0.2) is 5.37 Å². The maximum absolute atomic E-state index is 12.7. The molecule has 108 valence electrons.